The second-order valence-corrected chi connectivity index (χ2v) is 6.78. The minimum atomic E-state index is -0.0802. The van der Waals surface area contributed by atoms with Crippen LogP contribution in [0.2, 0.25) is 0 Å². The van der Waals surface area contributed by atoms with Crippen molar-refractivity contribution in [2.75, 3.05) is 13.6 Å². The molecular weight excluding hydrogens is 298 g/mol. The zero-order chi connectivity index (χ0) is 16.7. The SMILES string of the molecule is CNCCC(=O)C1C=CC2=C(N=CC3=CCCc4ccn2c43)C1C. The van der Waals surface area contributed by atoms with Gasteiger partial charge in [-0.3, -0.25) is 9.79 Å². The summed E-state index contributed by atoms with van der Waals surface area (Å²) >= 11 is 0. The lowest BCUT2D eigenvalue weighted by atomic mass is 9.82. The fourth-order valence-corrected chi connectivity index (χ4v) is 3.97. The smallest absolute Gasteiger partial charge is 0.141 e. The van der Waals surface area contributed by atoms with Crippen LogP contribution < -0.4 is 5.32 Å². The summed E-state index contributed by atoms with van der Waals surface area (Å²) < 4.78 is 2.25. The summed E-state index contributed by atoms with van der Waals surface area (Å²) in [4.78, 5) is 17.3. The van der Waals surface area contributed by atoms with Crippen molar-refractivity contribution < 1.29 is 4.79 Å². The van der Waals surface area contributed by atoms with Crippen LogP contribution in [-0.2, 0) is 11.2 Å². The highest BCUT2D eigenvalue weighted by atomic mass is 16.1. The highest BCUT2D eigenvalue weighted by molar-refractivity contribution is 6.12. The summed E-state index contributed by atoms with van der Waals surface area (Å²) in [7, 11) is 1.88. The molecule has 1 aromatic heterocycles. The van der Waals surface area contributed by atoms with Gasteiger partial charge in [-0.2, -0.15) is 0 Å². The van der Waals surface area contributed by atoms with Crippen LogP contribution in [0.1, 0.15) is 31.0 Å². The third-order valence-electron chi connectivity index (χ3n) is 5.31. The molecule has 4 rings (SSSR count). The van der Waals surface area contributed by atoms with Gasteiger partial charge in [-0.25, -0.2) is 0 Å². The van der Waals surface area contributed by atoms with E-state index in [4.69, 9.17) is 4.99 Å². The van der Waals surface area contributed by atoms with Gasteiger partial charge >= 0.3 is 0 Å². The Kier molecular flexibility index (Phi) is 3.85. The first-order valence-corrected chi connectivity index (χ1v) is 8.75. The van der Waals surface area contributed by atoms with Crippen LogP contribution in [0, 0.1) is 11.8 Å². The Hall–Kier alpha value is -2.20. The van der Waals surface area contributed by atoms with Crippen LogP contribution in [0.3, 0.4) is 0 Å². The maximum absolute atomic E-state index is 12.5. The number of rotatable bonds is 4. The topological polar surface area (TPSA) is 46.4 Å². The number of hydrogen-bond donors (Lipinski definition) is 1. The predicted octanol–water partition coefficient (Wildman–Crippen LogP) is 3.07. The molecule has 2 unspecified atom stereocenters. The Bertz CT molecular complexity index is 807. The third-order valence-corrected chi connectivity index (χ3v) is 5.31. The summed E-state index contributed by atoms with van der Waals surface area (Å²) in [6, 6.07) is 2.22. The molecule has 0 radical (unpaired) electrons. The molecule has 24 heavy (non-hydrogen) atoms. The van der Waals surface area contributed by atoms with E-state index in [1.807, 2.05) is 13.3 Å². The first-order valence-electron chi connectivity index (χ1n) is 8.75. The molecule has 124 valence electrons. The molecule has 4 nitrogen and oxygen atoms in total. The van der Waals surface area contributed by atoms with E-state index < -0.39 is 0 Å². The van der Waals surface area contributed by atoms with Gasteiger partial charge in [-0.1, -0.05) is 19.1 Å². The van der Waals surface area contributed by atoms with E-state index in [-0.39, 0.29) is 17.6 Å². The van der Waals surface area contributed by atoms with Gasteiger partial charge in [0.15, 0.2) is 0 Å². The van der Waals surface area contributed by atoms with Crippen LogP contribution in [0.4, 0.5) is 0 Å². The minimum absolute atomic E-state index is 0.0802. The van der Waals surface area contributed by atoms with Gasteiger partial charge in [0, 0.05) is 42.8 Å². The molecule has 2 aliphatic carbocycles. The fourth-order valence-electron chi connectivity index (χ4n) is 3.97. The van der Waals surface area contributed by atoms with Gasteiger partial charge in [0.1, 0.15) is 5.78 Å². The number of carbonyl (C=O) groups is 1. The van der Waals surface area contributed by atoms with Crippen molar-refractivity contribution in [2.24, 2.45) is 16.8 Å². The highest BCUT2D eigenvalue weighted by Gasteiger charge is 2.32. The zero-order valence-electron chi connectivity index (χ0n) is 14.2. The number of nitrogens with zero attached hydrogens (tertiary/aromatic N) is 2. The van der Waals surface area contributed by atoms with E-state index in [9.17, 15) is 4.79 Å². The van der Waals surface area contributed by atoms with Crippen molar-refractivity contribution in [3.63, 3.8) is 0 Å². The minimum Gasteiger partial charge on any atom is -0.319 e. The molecule has 0 saturated heterocycles. The molecule has 1 aliphatic heterocycles. The number of Topliss-reactive ketones (excluding diaryl/α,β-unsaturated/α-hetero) is 1. The number of carbonyl (C=O) groups excluding carboxylic acids is 1. The number of fused-ring (bicyclic) bond motifs is 1. The highest BCUT2D eigenvalue weighted by Crippen LogP contribution is 2.39. The van der Waals surface area contributed by atoms with Crippen molar-refractivity contribution in [3.8, 4) is 0 Å². The van der Waals surface area contributed by atoms with Crippen molar-refractivity contribution in [2.45, 2.75) is 26.2 Å². The largest absolute Gasteiger partial charge is 0.319 e. The Morgan fingerprint density at radius 1 is 1.46 bits per heavy atom. The molecular formula is C20H23N3O. The lowest BCUT2D eigenvalue weighted by Crippen LogP contribution is -2.27. The Labute approximate surface area is 142 Å². The molecule has 0 saturated carbocycles. The second kappa shape index (κ2) is 6.02. The molecule has 1 N–H and O–H groups in total. The molecule has 0 spiro atoms. The standard InChI is InChI=1S/C20H23N3O/c1-13-16(18(24)8-10-21-2)6-7-17-19(13)22-12-15-5-3-4-14-9-11-23(17)20(14)15/h5-7,9,11-13,16,21H,3-4,8,10H2,1-2H3. The van der Waals surface area contributed by atoms with Crippen LogP contribution in [-0.4, -0.2) is 30.2 Å². The number of aliphatic imine (C=N–C) groups is 1. The molecule has 3 aliphatic rings. The summed E-state index contributed by atoms with van der Waals surface area (Å²) in [6.45, 7) is 2.85. The molecule has 1 aromatic rings. The van der Waals surface area contributed by atoms with Crippen LogP contribution >= 0.6 is 0 Å². The molecule has 0 bridgehead atoms. The molecule has 2 atom stereocenters. The number of aryl methyl sites for hydroxylation is 1. The van der Waals surface area contributed by atoms with E-state index in [1.165, 1.54) is 16.8 Å². The lowest BCUT2D eigenvalue weighted by molar-refractivity contribution is -0.122. The van der Waals surface area contributed by atoms with E-state index in [2.05, 4.69) is 47.3 Å². The number of ketones is 1. The zero-order valence-corrected chi connectivity index (χ0v) is 14.2. The number of aromatic nitrogens is 1. The van der Waals surface area contributed by atoms with Gasteiger partial charge in [0.25, 0.3) is 0 Å². The monoisotopic (exact) mass is 321 g/mol. The van der Waals surface area contributed by atoms with E-state index >= 15 is 0 Å². The summed E-state index contributed by atoms with van der Waals surface area (Å²) in [5.74, 6) is 0.306. The van der Waals surface area contributed by atoms with Crippen molar-refractivity contribution >= 4 is 23.3 Å². The van der Waals surface area contributed by atoms with E-state index in [0.29, 0.717) is 6.42 Å². The lowest BCUT2D eigenvalue weighted by Gasteiger charge is -2.26. The van der Waals surface area contributed by atoms with Gasteiger partial charge in [0.2, 0.25) is 0 Å². The van der Waals surface area contributed by atoms with Crippen molar-refractivity contribution in [1.82, 2.24) is 9.88 Å². The maximum Gasteiger partial charge on any atom is 0.141 e. The molecule has 2 heterocycles. The van der Waals surface area contributed by atoms with Crippen molar-refractivity contribution in [1.29, 1.82) is 0 Å². The normalized spacial score (nSPS) is 24.3. The maximum atomic E-state index is 12.5. The average Bonchev–Trinajstić information content (AvgIpc) is 2.95. The molecule has 0 aromatic carbocycles. The summed E-state index contributed by atoms with van der Waals surface area (Å²) in [5, 5.41) is 3.06. The van der Waals surface area contributed by atoms with E-state index in [1.54, 1.807) is 0 Å². The Balaban J connectivity index is 1.73. The fraction of sp³-hybridized carbons (Fsp3) is 0.400. The molecule has 4 heteroatoms. The first kappa shape index (κ1) is 15.3. The Morgan fingerprint density at radius 3 is 3.17 bits per heavy atom. The van der Waals surface area contributed by atoms with Crippen molar-refractivity contribution in [3.05, 3.63) is 47.4 Å². The van der Waals surface area contributed by atoms with Gasteiger partial charge < -0.3 is 9.88 Å². The average molecular weight is 321 g/mol. The number of nitrogens with one attached hydrogen (secondary N) is 1. The van der Waals surface area contributed by atoms with Crippen LogP contribution in [0.5, 0.6) is 0 Å². The predicted molar refractivity (Wildman–Crippen MR) is 97.8 cm³/mol. The van der Waals surface area contributed by atoms with Gasteiger partial charge in [-0.15, -0.1) is 0 Å². The van der Waals surface area contributed by atoms with E-state index in [0.717, 1.165) is 30.8 Å². The second-order valence-electron chi connectivity index (χ2n) is 6.78. The molecule has 0 amide bonds. The molecule has 0 fully saturated rings. The summed E-state index contributed by atoms with van der Waals surface area (Å²) in [5.41, 5.74) is 6.00. The number of hydrogen-bond acceptors (Lipinski definition) is 3. The van der Waals surface area contributed by atoms with Gasteiger partial charge in [-0.05, 0) is 37.6 Å². The Morgan fingerprint density at radius 2 is 2.33 bits per heavy atom. The van der Waals surface area contributed by atoms with Crippen LogP contribution in [0.25, 0.3) is 11.3 Å². The number of allylic oxidation sites excluding steroid dienone is 6. The first-order chi connectivity index (χ1) is 11.7. The van der Waals surface area contributed by atoms with Crippen LogP contribution in [0.15, 0.2) is 41.2 Å². The third kappa shape index (κ3) is 2.33. The van der Waals surface area contributed by atoms with Gasteiger partial charge in [0.05, 0.1) is 17.1 Å². The summed E-state index contributed by atoms with van der Waals surface area (Å²) in [6.07, 6.45) is 13.3. The quantitative estimate of drug-likeness (QED) is 0.926.